The third kappa shape index (κ3) is 9.34. The van der Waals surface area contributed by atoms with Gasteiger partial charge < -0.3 is 25.4 Å². The van der Waals surface area contributed by atoms with E-state index in [2.05, 4.69) is 20.9 Å². The van der Waals surface area contributed by atoms with Crippen molar-refractivity contribution < 1.29 is 14.3 Å². The molecule has 1 unspecified atom stereocenters. The predicted octanol–water partition coefficient (Wildman–Crippen LogP) is 2.87. The summed E-state index contributed by atoms with van der Waals surface area (Å²) < 4.78 is 11.0. The number of methoxy groups -OCH3 is 1. The zero-order valence-electron chi connectivity index (χ0n) is 17.9. The first kappa shape index (κ1) is 25.5. The van der Waals surface area contributed by atoms with Crippen molar-refractivity contribution in [1.29, 1.82) is 0 Å². The molecule has 2 aromatic rings. The summed E-state index contributed by atoms with van der Waals surface area (Å²) in [4.78, 5) is 16.2. The number of carbonyl (C=O) groups excluding carboxylic acids is 1. The lowest BCUT2D eigenvalue weighted by Gasteiger charge is -2.18. The number of nitrogens with zero attached hydrogens (tertiary/aromatic N) is 1. The summed E-state index contributed by atoms with van der Waals surface area (Å²) >= 11 is 0. The molecule has 0 bridgehead atoms. The van der Waals surface area contributed by atoms with Gasteiger partial charge in [-0.15, -0.1) is 24.0 Å². The second-order valence-corrected chi connectivity index (χ2v) is 6.68. The van der Waals surface area contributed by atoms with E-state index in [1.54, 1.807) is 14.2 Å². The summed E-state index contributed by atoms with van der Waals surface area (Å²) in [5.74, 6) is 2.05. The summed E-state index contributed by atoms with van der Waals surface area (Å²) in [5.41, 5.74) is 2.16. The maximum atomic E-state index is 12.1. The van der Waals surface area contributed by atoms with Gasteiger partial charge in [-0.05, 0) is 49.2 Å². The van der Waals surface area contributed by atoms with Gasteiger partial charge in [0.2, 0.25) is 5.91 Å². The molecule has 0 aliphatic heterocycles. The number of carbonyl (C=O) groups is 1. The Morgan fingerprint density at radius 3 is 2.43 bits per heavy atom. The molecule has 0 fully saturated rings. The fourth-order valence-electron chi connectivity index (χ4n) is 2.59. The Morgan fingerprint density at radius 1 is 1.07 bits per heavy atom. The lowest BCUT2D eigenvalue weighted by atomic mass is 10.2. The molecular weight excluding hydrogens is 495 g/mol. The second kappa shape index (κ2) is 13.7. The molecule has 2 aromatic carbocycles. The van der Waals surface area contributed by atoms with Crippen LogP contribution >= 0.6 is 24.0 Å². The minimum Gasteiger partial charge on any atom is -0.497 e. The molecule has 0 aliphatic rings. The number of halogens is 1. The molecule has 3 N–H and O–H groups in total. The molecule has 8 heteroatoms. The quantitative estimate of drug-likeness (QED) is 0.266. The van der Waals surface area contributed by atoms with Crippen molar-refractivity contribution in [2.24, 2.45) is 4.99 Å². The Balaban J connectivity index is 0.00000450. The van der Waals surface area contributed by atoms with Crippen LogP contribution in [-0.4, -0.2) is 45.2 Å². The van der Waals surface area contributed by atoms with Crippen molar-refractivity contribution in [3.63, 3.8) is 0 Å². The fourth-order valence-corrected chi connectivity index (χ4v) is 2.59. The molecule has 2 rings (SSSR count). The van der Waals surface area contributed by atoms with Gasteiger partial charge >= 0.3 is 0 Å². The Hall–Kier alpha value is -2.49. The third-order valence-electron chi connectivity index (χ3n) is 4.17. The van der Waals surface area contributed by atoms with Gasteiger partial charge in [-0.2, -0.15) is 0 Å². The number of guanidine groups is 1. The van der Waals surface area contributed by atoms with Crippen LogP contribution in [0.2, 0.25) is 0 Å². The molecule has 164 valence electrons. The number of amides is 1. The largest absolute Gasteiger partial charge is 0.497 e. The van der Waals surface area contributed by atoms with Crippen LogP contribution in [0.5, 0.6) is 11.5 Å². The number of ether oxygens (including phenoxy) is 2. The van der Waals surface area contributed by atoms with Gasteiger partial charge in [0.15, 0.2) is 5.96 Å². The van der Waals surface area contributed by atoms with Crippen molar-refractivity contribution >= 4 is 35.8 Å². The smallest absolute Gasteiger partial charge is 0.239 e. The minimum atomic E-state index is -0.118. The highest BCUT2D eigenvalue weighted by Gasteiger charge is 2.08. The highest BCUT2D eigenvalue weighted by Crippen LogP contribution is 2.14. The lowest BCUT2D eigenvalue weighted by Crippen LogP contribution is -2.45. The standard InChI is InChI=1S/C22H30N4O3.HI/c1-16-6-5-7-20(12-16)29-17(2)13-25-22(23-3)26-15-21(27)24-14-18-8-10-19(28-4)11-9-18;/h5-12,17H,13-15H2,1-4H3,(H,24,27)(H2,23,25,26);1H. The van der Waals surface area contributed by atoms with Gasteiger partial charge in [0.05, 0.1) is 20.2 Å². The number of rotatable bonds is 9. The first-order valence-electron chi connectivity index (χ1n) is 9.57. The molecule has 0 saturated carbocycles. The minimum absolute atomic E-state index is 0. The predicted molar refractivity (Wildman–Crippen MR) is 131 cm³/mol. The van der Waals surface area contributed by atoms with Gasteiger partial charge in [0, 0.05) is 13.6 Å². The summed E-state index contributed by atoms with van der Waals surface area (Å²) in [6, 6.07) is 15.5. The van der Waals surface area contributed by atoms with Crippen molar-refractivity contribution in [1.82, 2.24) is 16.0 Å². The summed E-state index contributed by atoms with van der Waals surface area (Å²) in [6.07, 6.45) is -0.0563. The van der Waals surface area contributed by atoms with Crippen LogP contribution in [0.4, 0.5) is 0 Å². The Kier molecular flexibility index (Phi) is 11.7. The number of aliphatic imine (C=N–C) groups is 1. The highest BCUT2D eigenvalue weighted by molar-refractivity contribution is 14.0. The maximum Gasteiger partial charge on any atom is 0.239 e. The van der Waals surface area contributed by atoms with E-state index in [9.17, 15) is 4.79 Å². The molecule has 0 aromatic heterocycles. The number of aryl methyl sites for hydroxylation is 1. The Morgan fingerprint density at radius 2 is 1.80 bits per heavy atom. The highest BCUT2D eigenvalue weighted by atomic mass is 127. The first-order chi connectivity index (χ1) is 14.0. The van der Waals surface area contributed by atoms with Crippen LogP contribution in [0.15, 0.2) is 53.5 Å². The van der Waals surface area contributed by atoms with Crippen molar-refractivity contribution in [3.8, 4) is 11.5 Å². The van der Waals surface area contributed by atoms with Crippen LogP contribution in [0, 0.1) is 6.92 Å². The molecule has 7 nitrogen and oxygen atoms in total. The van der Waals surface area contributed by atoms with E-state index in [1.807, 2.05) is 62.4 Å². The summed E-state index contributed by atoms with van der Waals surface area (Å²) in [6.45, 7) is 5.15. The Labute approximate surface area is 195 Å². The number of hydrogen-bond donors (Lipinski definition) is 3. The van der Waals surface area contributed by atoms with Crippen molar-refractivity contribution in [2.75, 3.05) is 27.2 Å². The average Bonchev–Trinajstić information content (AvgIpc) is 2.72. The van der Waals surface area contributed by atoms with Gasteiger partial charge in [0.1, 0.15) is 17.6 Å². The third-order valence-corrected chi connectivity index (χ3v) is 4.17. The molecule has 0 saturated heterocycles. The Bertz CT molecular complexity index is 812. The van der Waals surface area contributed by atoms with Crippen LogP contribution in [-0.2, 0) is 11.3 Å². The average molecular weight is 526 g/mol. The van der Waals surface area contributed by atoms with Crippen molar-refractivity contribution in [2.45, 2.75) is 26.5 Å². The summed E-state index contributed by atoms with van der Waals surface area (Å²) in [7, 11) is 3.29. The zero-order chi connectivity index (χ0) is 21.1. The van der Waals surface area contributed by atoms with E-state index in [1.165, 1.54) is 0 Å². The maximum absolute atomic E-state index is 12.1. The van der Waals surface area contributed by atoms with Crippen LogP contribution in [0.25, 0.3) is 0 Å². The number of nitrogens with one attached hydrogen (secondary N) is 3. The van der Waals surface area contributed by atoms with Crippen LogP contribution in [0.1, 0.15) is 18.1 Å². The number of benzene rings is 2. The molecule has 0 heterocycles. The van der Waals surface area contributed by atoms with Gasteiger partial charge in [-0.1, -0.05) is 24.3 Å². The molecule has 1 atom stereocenters. The normalized spacial score (nSPS) is 11.7. The molecular formula is C22H31IN4O3. The molecule has 0 radical (unpaired) electrons. The molecule has 0 aliphatic carbocycles. The lowest BCUT2D eigenvalue weighted by molar-refractivity contribution is -0.120. The molecule has 30 heavy (non-hydrogen) atoms. The van der Waals surface area contributed by atoms with Gasteiger partial charge in [0.25, 0.3) is 0 Å². The van der Waals surface area contributed by atoms with Gasteiger partial charge in [-0.25, -0.2) is 0 Å². The zero-order valence-corrected chi connectivity index (χ0v) is 20.2. The van der Waals surface area contributed by atoms with Crippen LogP contribution < -0.4 is 25.4 Å². The van der Waals surface area contributed by atoms with E-state index in [0.717, 1.165) is 22.6 Å². The molecule has 0 spiro atoms. The van der Waals surface area contributed by atoms with E-state index < -0.39 is 0 Å². The fraction of sp³-hybridized carbons (Fsp3) is 0.364. The second-order valence-electron chi connectivity index (χ2n) is 6.68. The van der Waals surface area contributed by atoms with Crippen molar-refractivity contribution in [3.05, 3.63) is 59.7 Å². The SMILES string of the molecule is CN=C(NCC(=O)NCc1ccc(OC)cc1)NCC(C)Oc1cccc(C)c1.I. The monoisotopic (exact) mass is 526 g/mol. The van der Waals surface area contributed by atoms with Gasteiger partial charge in [-0.3, -0.25) is 9.79 Å². The topological polar surface area (TPSA) is 84.0 Å². The van der Waals surface area contributed by atoms with Crippen LogP contribution in [0.3, 0.4) is 0 Å². The molecule has 1 amide bonds. The van der Waals surface area contributed by atoms with E-state index in [0.29, 0.717) is 19.0 Å². The summed E-state index contributed by atoms with van der Waals surface area (Å²) in [5, 5.41) is 9.04. The first-order valence-corrected chi connectivity index (χ1v) is 9.57. The van der Waals surface area contributed by atoms with E-state index in [4.69, 9.17) is 9.47 Å². The number of hydrogen-bond acceptors (Lipinski definition) is 4. The van der Waals surface area contributed by atoms with E-state index in [-0.39, 0.29) is 42.5 Å². The van der Waals surface area contributed by atoms with E-state index >= 15 is 0 Å².